The van der Waals surface area contributed by atoms with Crippen molar-refractivity contribution >= 4 is 30.0 Å². The Kier molecular flexibility index (Phi) is 4.58. The Balaban J connectivity index is 2.21. The Labute approximate surface area is 126 Å². The Bertz CT molecular complexity index is 518. The average Bonchev–Trinajstić information content (AvgIpc) is 2.64. The van der Waals surface area contributed by atoms with Gasteiger partial charge in [0.1, 0.15) is 5.70 Å². The minimum atomic E-state index is -1.11. The molecule has 116 valence electrons. The second-order valence-electron chi connectivity index (χ2n) is 5.18. The van der Waals surface area contributed by atoms with Crippen molar-refractivity contribution in [2.24, 2.45) is 22.6 Å². The Hall–Kier alpha value is -1.54. The lowest BCUT2D eigenvalue weighted by atomic mass is 9.79. The normalized spacial score (nSPS) is 29.8. The SMILES string of the molecule is CC1C(SCCN=CN)=C(C(=O)O)N2C(=O)[C@H]([C@@H](C)O)[C@@H]12. The van der Waals surface area contributed by atoms with Gasteiger partial charge in [-0.1, -0.05) is 6.92 Å². The molecule has 0 saturated carbocycles. The Morgan fingerprint density at radius 1 is 1.62 bits per heavy atom. The lowest BCUT2D eigenvalue weighted by Gasteiger charge is -2.46. The molecule has 1 saturated heterocycles. The molecule has 2 heterocycles. The number of carbonyl (C=O) groups is 2. The van der Waals surface area contributed by atoms with Crippen LogP contribution in [0.25, 0.3) is 0 Å². The van der Waals surface area contributed by atoms with E-state index >= 15 is 0 Å². The third kappa shape index (κ3) is 2.53. The third-order valence-electron chi connectivity index (χ3n) is 3.89. The molecule has 7 nitrogen and oxygen atoms in total. The van der Waals surface area contributed by atoms with Crippen LogP contribution in [-0.4, -0.2) is 57.8 Å². The van der Waals surface area contributed by atoms with Gasteiger partial charge in [0.2, 0.25) is 5.91 Å². The van der Waals surface area contributed by atoms with Gasteiger partial charge in [-0.15, -0.1) is 11.8 Å². The molecule has 2 rings (SSSR count). The quantitative estimate of drug-likeness (QED) is 0.272. The van der Waals surface area contributed by atoms with Gasteiger partial charge in [0.25, 0.3) is 0 Å². The summed E-state index contributed by atoms with van der Waals surface area (Å²) in [5.41, 5.74) is 5.21. The van der Waals surface area contributed by atoms with Crippen LogP contribution in [0.1, 0.15) is 13.8 Å². The van der Waals surface area contributed by atoms with Crippen molar-refractivity contribution in [3.63, 3.8) is 0 Å². The molecule has 4 atom stereocenters. The summed E-state index contributed by atoms with van der Waals surface area (Å²) in [5.74, 6) is -1.44. The van der Waals surface area contributed by atoms with Crippen molar-refractivity contribution < 1.29 is 19.8 Å². The summed E-state index contributed by atoms with van der Waals surface area (Å²) in [6, 6.07) is -0.260. The summed E-state index contributed by atoms with van der Waals surface area (Å²) >= 11 is 1.39. The standard InChI is InChI=1S/C13H19N3O4S/c1-6-9-8(7(2)17)12(18)16(9)10(13(19)20)11(6)21-4-3-15-5-14/h5-9,17H,3-4H2,1-2H3,(H2,14,15)(H,19,20)/t6?,7-,8-,9-/m1/s1. The van der Waals surface area contributed by atoms with Crippen LogP contribution in [0.5, 0.6) is 0 Å². The molecular formula is C13H19N3O4S. The average molecular weight is 313 g/mol. The lowest BCUT2D eigenvalue weighted by Crippen LogP contribution is -2.63. The number of carboxylic acid groups (broad SMARTS) is 1. The summed E-state index contributed by atoms with van der Waals surface area (Å²) in [6.45, 7) is 3.95. The van der Waals surface area contributed by atoms with Gasteiger partial charge in [-0.3, -0.25) is 9.79 Å². The summed E-state index contributed by atoms with van der Waals surface area (Å²) < 4.78 is 0. The van der Waals surface area contributed by atoms with Crippen LogP contribution in [0.3, 0.4) is 0 Å². The molecule has 0 spiro atoms. The van der Waals surface area contributed by atoms with E-state index in [0.29, 0.717) is 17.2 Å². The van der Waals surface area contributed by atoms with Crippen LogP contribution in [0.15, 0.2) is 15.6 Å². The minimum Gasteiger partial charge on any atom is -0.477 e. The molecule has 8 heteroatoms. The highest BCUT2D eigenvalue weighted by atomic mass is 32.2. The molecule has 0 radical (unpaired) electrons. The largest absolute Gasteiger partial charge is 0.477 e. The van der Waals surface area contributed by atoms with Crippen LogP contribution in [-0.2, 0) is 9.59 Å². The maximum atomic E-state index is 12.1. The van der Waals surface area contributed by atoms with Crippen LogP contribution in [0.4, 0.5) is 0 Å². The number of amides is 1. The van der Waals surface area contributed by atoms with Crippen LogP contribution in [0, 0.1) is 11.8 Å². The molecule has 21 heavy (non-hydrogen) atoms. The van der Waals surface area contributed by atoms with E-state index in [0.717, 1.165) is 0 Å². The number of aliphatic hydroxyl groups excluding tert-OH is 1. The number of hydrogen-bond acceptors (Lipinski definition) is 5. The second kappa shape index (κ2) is 6.07. The number of nitrogens with two attached hydrogens (primary N) is 1. The molecule has 4 N–H and O–H groups in total. The fourth-order valence-corrected chi connectivity index (χ4v) is 4.14. The molecule has 0 aromatic heterocycles. The molecule has 0 aromatic rings. The summed E-state index contributed by atoms with van der Waals surface area (Å²) in [4.78, 5) is 29.4. The number of aliphatic imine (C=N–C) groups is 1. The second-order valence-corrected chi connectivity index (χ2v) is 6.31. The first-order chi connectivity index (χ1) is 9.91. The van der Waals surface area contributed by atoms with E-state index in [-0.39, 0.29) is 23.6 Å². The number of rotatable bonds is 6. The smallest absolute Gasteiger partial charge is 0.353 e. The van der Waals surface area contributed by atoms with Crippen LogP contribution >= 0.6 is 11.8 Å². The van der Waals surface area contributed by atoms with E-state index in [1.165, 1.54) is 23.0 Å². The van der Waals surface area contributed by atoms with Gasteiger partial charge in [0, 0.05) is 16.6 Å². The molecule has 1 unspecified atom stereocenters. The van der Waals surface area contributed by atoms with Gasteiger partial charge in [-0.05, 0) is 6.92 Å². The van der Waals surface area contributed by atoms with Crippen molar-refractivity contribution in [3.05, 3.63) is 10.6 Å². The van der Waals surface area contributed by atoms with Crippen molar-refractivity contribution in [2.75, 3.05) is 12.3 Å². The molecular weight excluding hydrogens is 294 g/mol. The van der Waals surface area contributed by atoms with E-state index in [4.69, 9.17) is 5.73 Å². The predicted molar refractivity (Wildman–Crippen MR) is 79.6 cm³/mol. The topological polar surface area (TPSA) is 116 Å². The summed E-state index contributed by atoms with van der Waals surface area (Å²) in [5, 5.41) is 19.1. The molecule has 0 aromatic carbocycles. The molecule has 2 aliphatic heterocycles. The highest BCUT2D eigenvalue weighted by Crippen LogP contribution is 2.50. The van der Waals surface area contributed by atoms with Gasteiger partial charge in [-0.2, -0.15) is 0 Å². The maximum absolute atomic E-state index is 12.1. The zero-order valence-electron chi connectivity index (χ0n) is 11.9. The van der Waals surface area contributed by atoms with Crippen molar-refractivity contribution in [2.45, 2.75) is 26.0 Å². The van der Waals surface area contributed by atoms with Crippen LogP contribution in [0.2, 0.25) is 0 Å². The zero-order valence-corrected chi connectivity index (χ0v) is 12.7. The van der Waals surface area contributed by atoms with Gasteiger partial charge in [-0.25, -0.2) is 4.79 Å². The Morgan fingerprint density at radius 2 is 2.29 bits per heavy atom. The molecule has 1 fully saturated rings. The number of fused-ring (bicyclic) bond motifs is 1. The first-order valence-corrected chi connectivity index (χ1v) is 7.71. The first-order valence-electron chi connectivity index (χ1n) is 6.73. The zero-order chi connectivity index (χ0) is 15.7. The number of aliphatic carboxylic acids is 1. The number of aliphatic hydroxyl groups is 1. The van der Waals surface area contributed by atoms with E-state index in [1.54, 1.807) is 6.92 Å². The van der Waals surface area contributed by atoms with Crippen LogP contribution < -0.4 is 5.73 Å². The van der Waals surface area contributed by atoms with E-state index < -0.39 is 18.0 Å². The van der Waals surface area contributed by atoms with E-state index in [2.05, 4.69) is 4.99 Å². The summed E-state index contributed by atoms with van der Waals surface area (Å²) in [7, 11) is 0. The number of carboxylic acids is 1. The Morgan fingerprint density at radius 3 is 2.81 bits per heavy atom. The first kappa shape index (κ1) is 15.8. The maximum Gasteiger partial charge on any atom is 0.353 e. The lowest BCUT2D eigenvalue weighted by molar-refractivity contribution is -0.163. The number of carbonyl (C=O) groups excluding carboxylic acids is 1. The number of β-lactam (4-membered cyclic amide) rings is 1. The number of nitrogens with zero attached hydrogens (tertiary/aromatic N) is 2. The fourth-order valence-electron chi connectivity index (χ4n) is 3.00. The van der Waals surface area contributed by atoms with Crippen molar-refractivity contribution in [1.29, 1.82) is 0 Å². The number of hydrogen-bond donors (Lipinski definition) is 3. The fraction of sp³-hybridized carbons (Fsp3) is 0.615. The highest BCUT2D eigenvalue weighted by molar-refractivity contribution is 8.03. The van der Waals surface area contributed by atoms with Crippen molar-refractivity contribution in [1.82, 2.24) is 4.90 Å². The molecule has 0 bridgehead atoms. The monoisotopic (exact) mass is 313 g/mol. The van der Waals surface area contributed by atoms with E-state index in [9.17, 15) is 19.8 Å². The summed E-state index contributed by atoms with van der Waals surface area (Å²) in [6.07, 6.45) is 0.438. The van der Waals surface area contributed by atoms with Gasteiger partial charge < -0.3 is 20.8 Å². The molecule has 0 aliphatic carbocycles. The minimum absolute atomic E-state index is 0.0520. The predicted octanol–water partition coefficient (Wildman–Crippen LogP) is -0.140. The van der Waals surface area contributed by atoms with Gasteiger partial charge in [0.05, 0.1) is 30.9 Å². The van der Waals surface area contributed by atoms with Gasteiger partial charge in [0.15, 0.2) is 0 Å². The number of thioether (sulfide) groups is 1. The van der Waals surface area contributed by atoms with Gasteiger partial charge >= 0.3 is 5.97 Å². The third-order valence-corrected chi connectivity index (χ3v) is 5.16. The highest BCUT2D eigenvalue weighted by Gasteiger charge is 2.59. The molecule has 2 aliphatic rings. The van der Waals surface area contributed by atoms with Crippen molar-refractivity contribution in [3.8, 4) is 0 Å². The molecule has 1 amide bonds. The van der Waals surface area contributed by atoms with E-state index in [1.807, 2.05) is 6.92 Å².